The van der Waals surface area contributed by atoms with Gasteiger partial charge in [0.1, 0.15) is 16.8 Å². The fraction of sp³-hybridized carbons (Fsp3) is 0. The van der Waals surface area contributed by atoms with E-state index in [1.807, 2.05) is 6.07 Å². The van der Waals surface area contributed by atoms with Crippen LogP contribution < -0.4 is 0 Å². The van der Waals surface area contributed by atoms with Gasteiger partial charge in [-0.25, -0.2) is 9.50 Å². The zero-order valence-corrected chi connectivity index (χ0v) is 12.1. The third kappa shape index (κ3) is 2.10. The second kappa shape index (κ2) is 4.95. The summed E-state index contributed by atoms with van der Waals surface area (Å²) in [5, 5.41) is 14.4. The average molecular weight is 324 g/mol. The summed E-state index contributed by atoms with van der Waals surface area (Å²) in [7, 11) is 0. The molecule has 0 unspecified atom stereocenters. The Morgan fingerprint density at radius 3 is 2.65 bits per heavy atom. The Balaban J connectivity index is 2.29. The molecule has 98 valence electrons. The summed E-state index contributed by atoms with van der Waals surface area (Å²) in [5.74, 6) is 0. The summed E-state index contributed by atoms with van der Waals surface area (Å²) in [4.78, 5) is 4.39. The Morgan fingerprint density at radius 2 is 1.95 bits per heavy atom. The number of rotatable bonds is 1. The van der Waals surface area contributed by atoms with E-state index in [0.29, 0.717) is 37.7 Å². The van der Waals surface area contributed by atoms with Gasteiger partial charge in [0.05, 0.1) is 16.9 Å². The lowest BCUT2D eigenvalue weighted by Gasteiger charge is -2.06. The largest absolute Gasteiger partial charge is 0.227 e. The first-order valence-corrected chi connectivity index (χ1v) is 6.63. The van der Waals surface area contributed by atoms with Crippen LogP contribution in [0.25, 0.3) is 16.9 Å². The number of hydrogen-bond acceptors (Lipinski definition) is 3. The molecule has 0 bridgehead atoms. The Hall–Kier alpha value is -1.80. The van der Waals surface area contributed by atoms with Crippen molar-refractivity contribution in [2.75, 3.05) is 0 Å². The first kappa shape index (κ1) is 13.2. The normalized spacial score (nSPS) is 10.7. The Kier molecular flexibility index (Phi) is 3.27. The number of nitrogens with zero attached hydrogens (tertiary/aromatic N) is 4. The Labute approximate surface area is 129 Å². The number of benzene rings is 1. The highest BCUT2D eigenvalue weighted by Gasteiger charge is 2.13. The zero-order chi connectivity index (χ0) is 14.3. The molecule has 0 saturated heterocycles. The van der Waals surface area contributed by atoms with Gasteiger partial charge in [0.25, 0.3) is 0 Å². The van der Waals surface area contributed by atoms with E-state index in [0.717, 1.165) is 0 Å². The van der Waals surface area contributed by atoms with Crippen LogP contribution in [0.3, 0.4) is 0 Å². The van der Waals surface area contributed by atoms with Gasteiger partial charge in [0, 0.05) is 16.7 Å². The number of aromatic nitrogens is 3. The van der Waals surface area contributed by atoms with E-state index in [1.54, 1.807) is 24.3 Å². The maximum absolute atomic E-state index is 9.04. The molecule has 0 atom stereocenters. The molecule has 0 radical (unpaired) electrons. The van der Waals surface area contributed by atoms with Crippen molar-refractivity contribution >= 4 is 40.4 Å². The van der Waals surface area contributed by atoms with Crippen molar-refractivity contribution in [1.29, 1.82) is 5.26 Å². The van der Waals surface area contributed by atoms with E-state index < -0.39 is 0 Å². The third-order valence-corrected chi connectivity index (χ3v) is 3.57. The molecule has 4 nitrogen and oxygen atoms in total. The predicted octanol–water partition coefficient (Wildman–Crippen LogP) is 4.23. The average Bonchev–Trinajstić information content (AvgIpc) is 2.82. The molecule has 0 aliphatic rings. The summed E-state index contributed by atoms with van der Waals surface area (Å²) in [6, 6.07) is 8.75. The summed E-state index contributed by atoms with van der Waals surface area (Å²) >= 11 is 18.2. The summed E-state index contributed by atoms with van der Waals surface area (Å²) in [6.45, 7) is 0. The minimum atomic E-state index is 0.345. The lowest BCUT2D eigenvalue weighted by Crippen LogP contribution is -1.95. The molecule has 1 aromatic carbocycles. The SMILES string of the molecule is N#Cc1cnn2c(Cl)cc(-c3ccc(Cl)cc3Cl)nc12. The van der Waals surface area contributed by atoms with Crippen LogP contribution in [0.4, 0.5) is 0 Å². The van der Waals surface area contributed by atoms with Crippen molar-refractivity contribution in [3.05, 3.63) is 51.2 Å². The first-order valence-electron chi connectivity index (χ1n) is 5.50. The number of hydrogen-bond donors (Lipinski definition) is 0. The molecule has 2 aromatic heterocycles. The van der Waals surface area contributed by atoms with Gasteiger partial charge in [-0.2, -0.15) is 10.4 Å². The van der Waals surface area contributed by atoms with Crippen molar-refractivity contribution in [3.8, 4) is 17.3 Å². The lowest BCUT2D eigenvalue weighted by molar-refractivity contribution is 0.942. The smallest absolute Gasteiger partial charge is 0.175 e. The van der Waals surface area contributed by atoms with Gasteiger partial charge in [-0.3, -0.25) is 0 Å². The number of halogens is 3. The van der Waals surface area contributed by atoms with Crippen LogP contribution in [0.5, 0.6) is 0 Å². The Morgan fingerprint density at radius 1 is 1.15 bits per heavy atom. The topological polar surface area (TPSA) is 54.0 Å². The lowest BCUT2D eigenvalue weighted by atomic mass is 10.1. The number of fused-ring (bicyclic) bond motifs is 1. The second-order valence-corrected chi connectivity index (χ2v) is 5.22. The molecule has 0 N–H and O–H groups in total. The second-order valence-electron chi connectivity index (χ2n) is 3.99. The summed E-state index contributed by atoms with van der Waals surface area (Å²) < 4.78 is 1.40. The standard InChI is InChI=1S/C13H5Cl3N4/c14-8-1-2-9(10(15)3-8)11-4-12(16)20-13(19-11)7(5-17)6-18-20/h1-4,6H. The highest BCUT2D eigenvalue weighted by Crippen LogP contribution is 2.31. The fourth-order valence-electron chi connectivity index (χ4n) is 1.84. The predicted molar refractivity (Wildman–Crippen MR) is 78.2 cm³/mol. The fourth-order valence-corrected chi connectivity index (χ4v) is 2.57. The van der Waals surface area contributed by atoms with Crippen LogP contribution in [0, 0.1) is 11.3 Å². The van der Waals surface area contributed by atoms with E-state index in [9.17, 15) is 0 Å². The molecule has 0 aliphatic carbocycles. The molecule has 0 spiro atoms. The van der Waals surface area contributed by atoms with E-state index >= 15 is 0 Å². The van der Waals surface area contributed by atoms with Gasteiger partial charge in [0.2, 0.25) is 0 Å². The van der Waals surface area contributed by atoms with Crippen molar-refractivity contribution in [1.82, 2.24) is 14.6 Å². The monoisotopic (exact) mass is 322 g/mol. The van der Waals surface area contributed by atoms with E-state index in [-0.39, 0.29) is 0 Å². The molecule has 0 fully saturated rings. The summed E-state index contributed by atoms with van der Waals surface area (Å²) in [5.41, 5.74) is 1.98. The van der Waals surface area contributed by atoms with Gasteiger partial charge in [-0.1, -0.05) is 34.8 Å². The van der Waals surface area contributed by atoms with Crippen LogP contribution in [0.2, 0.25) is 15.2 Å². The third-order valence-electron chi connectivity index (χ3n) is 2.76. The molecule has 0 saturated carbocycles. The first-order chi connectivity index (χ1) is 9.60. The molecule has 3 aromatic rings. The van der Waals surface area contributed by atoms with Gasteiger partial charge in [-0.05, 0) is 18.2 Å². The van der Waals surface area contributed by atoms with Crippen molar-refractivity contribution < 1.29 is 0 Å². The van der Waals surface area contributed by atoms with Crippen molar-refractivity contribution in [2.24, 2.45) is 0 Å². The zero-order valence-electron chi connectivity index (χ0n) is 9.81. The highest BCUT2D eigenvalue weighted by atomic mass is 35.5. The van der Waals surface area contributed by atoms with Crippen LogP contribution in [-0.4, -0.2) is 14.6 Å². The van der Waals surface area contributed by atoms with Crippen molar-refractivity contribution in [2.45, 2.75) is 0 Å². The minimum absolute atomic E-state index is 0.345. The van der Waals surface area contributed by atoms with Crippen LogP contribution in [0.15, 0.2) is 30.5 Å². The van der Waals surface area contributed by atoms with E-state index in [2.05, 4.69) is 10.1 Å². The molecule has 0 amide bonds. The van der Waals surface area contributed by atoms with E-state index in [4.69, 9.17) is 40.1 Å². The quantitative estimate of drug-likeness (QED) is 0.630. The van der Waals surface area contributed by atoms with Crippen LogP contribution in [-0.2, 0) is 0 Å². The Bertz CT molecular complexity index is 864. The van der Waals surface area contributed by atoms with Crippen LogP contribution >= 0.6 is 34.8 Å². The van der Waals surface area contributed by atoms with E-state index in [1.165, 1.54) is 10.7 Å². The number of nitriles is 1. The molecule has 2 heterocycles. The highest BCUT2D eigenvalue weighted by molar-refractivity contribution is 6.36. The molecule has 7 heteroatoms. The molecular formula is C13H5Cl3N4. The van der Waals surface area contributed by atoms with Crippen molar-refractivity contribution in [3.63, 3.8) is 0 Å². The van der Waals surface area contributed by atoms with Crippen LogP contribution in [0.1, 0.15) is 5.56 Å². The summed E-state index contributed by atoms with van der Waals surface area (Å²) in [6.07, 6.45) is 1.42. The van der Waals surface area contributed by atoms with Gasteiger partial charge in [-0.15, -0.1) is 0 Å². The molecule has 3 rings (SSSR count). The maximum atomic E-state index is 9.04. The van der Waals surface area contributed by atoms with Gasteiger partial charge < -0.3 is 0 Å². The molecule has 0 aliphatic heterocycles. The van der Waals surface area contributed by atoms with Gasteiger partial charge >= 0.3 is 0 Å². The minimum Gasteiger partial charge on any atom is -0.227 e. The molecule has 20 heavy (non-hydrogen) atoms. The maximum Gasteiger partial charge on any atom is 0.175 e. The molecular weight excluding hydrogens is 319 g/mol. The van der Waals surface area contributed by atoms with Gasteiger partial charge in [0.15, 0.2) is 5.65 Å².